The maximum Gasteiger partial charge on any atom is 0.173 e. The first kappa shape index (κ1) is 30.2. The Morgan fingerprint density at radius 2 is 1.08 bits per heavy atom. The van der Waals surface area contributed by atoms with Gasteiger partial charge in [0.15, 0.2) is 5.82 Å². The van der Waals surface area contributed by atoms with Crippen molar-refractivity contribution in [2.75, 3.05) is 0 Å². The second-order valence-corrected chi connectivity index (χ2v) is 15.2. The van der Waals surface area contributed by atoms with Crippen molar-refractivity contribution in [2.24, 2.45) is 0 Å². The molecule has 8 aromatic carbocycles. The number of nitrogens with zero attached hydrogens (tertiary/aromatic N) is 3. The molecule has 248 valence electrons. The second-order valence-electron chi connectivity index (χ2n) is 13.4. The van der Waals surface area contributed by atoms with E-state index >= 15 is 0 Å². The fraction of sp³-hybridized carbons (Fsp3) is 0. The van der Waals surface area contributed by atoms with Gasteiger partial charge in [0.1, 0.15) is 5.01 Å². The first-order valence-electron chi connectivity index (χ1n) is 17.7. The van der Waals surface area contributed by atoms with Gasteiger partial charge in [0.25, 0.3) is 0 Å². The fourth-order valence-electron chi connectivity index (χ4n) is 7.88. The highest BCUT2D eigenvalue weighted by Gasteiger charge is 2.16. The van der Waals surface area contributed by atoms with E-state index in [2.05, 4.69) is 180 Å². The monoisotopic (exact) mass is 711 g/mol. The van der Waals surface area contributed by atoms with Crippen LogP contribution in [0.25, 0.3) is 103 Å². The van der Waals surface area contributed by atoms with Gasteiger partial charge in [0, 0.05) is 47.8 Å². The van der Waals surface area contributed by atoms with Gasteiger partial charge in [-0.3, -0.25) is 0 Å². The van der Waals surface area contributed by atoms with Crippen LogP contribution in [0.3, 0.4) is 0 Å². The van der Waals surface area contributed by atoms with Crippen LogP contribution in [0.2, 0.25) is 0 Å². The van der Waals surface area contributed by atoms with Crippen LogP contribution in [0.5, 0.6) is 0 Å². The van der Waals surface area contributed by atoms with E-state index < -0.39 is 0 Å². The van der Waals surface area contributed by atoms with Gasteiger partial charge in [-0.25, -0.2) is 4.98 Å². The third-order valence-corrected chi connectivity index (χ3v) is 12.4. The number of para-hydroxylation sites is 1. The number of hydrogen-bond acceptors (Lipinski definition) is 4. The molecule has 3 heterocycles. The zero-order valence-corrected chi connectivity index (χ0v) is 30.0. The van der Waals surface area contributed by atoms with Crippen LogP contribution < -0.4 is 0 Å². The largest absolute Gasteiger partial charge is 0.309 e. The molecule has 11 aromatic rings. The Labute approximate surface area is 313 Å². The minimum absolute atomic E-state index is 0.753. The van der Waals surface area contributed by atoms with Crippen LogP contribution in [-0.2, 0) is 0 Å². The molecule has 0 fully saturated rings. The number of benzene rings is 8. The molecule has 0 spiro atoms. The van der Waals surface area contributed by atoms with Crippen molar-refractivity contribution in [1.29, 1.82) is 0 Å². The summed E-state index contributed by atoms with van der Waals surface area (Å²) < 4.78 is 9.80. The number of fused-ring (bicyclic) bond motifs is 7. The Kier molecular flexibility index (Phi) is 6.90. The summed E-state index contributed by atoms with van der Waals surface area (Å²) in [5.74, 6) is 0.753. The van der Waals surface area contributed by atoms with Crippen LogP contribution in [0.4, 0.5) is 0 Å². The number of hydrogen-bond donors (Lipinski definition) is 0. The molecule has 3 aromatic heterocycles. The maximum atomic E-state index is 4.97. The molecule has 0 radical (unpaired) electrons. The summed E-state index contributed by atoms with van der Waals surface area (Å²) in [4.78, 5) is 4.97. The highest BCUT2D eigenvalue weighted by Crippen LogP contribution is 2.42. The highest BCUT2D eigenvalue weighted by molar-refractivity contribution is 7.26. The molecule has 0 aliphatic heterocycles. The summed E-state index contributed by atoms with van der Waals surface area (Å²) in [5.41, 5.74) is 10.5. The average molecular weight is 712 g/mol. The summed E-state index contributed by atoms with van der Waals surface area (Å²) >= 11 is 3.32. The van der Waals surface area contributed by atoms with E-state index in [-0.39, 0.29) is 0 Å². The molecule has 0 aliphatic rings. The van der Waals surface area contributed by atoms with Gasteiger partial charge in [-0.1, -0.05) is 127 Å². The molecule has 0 bridgehead atoms. The predicted molar refractivity (Wildman–Crippen MR) is 226 cm³/mol. The standard InChI is InChI=1S/C48H29N3S2/c1-2-11-36-30(9-1)10-7-14-37(36)31-19-21-32(22-20-31)47-49-48(53-50-47)33-23-26-35(27-24-33)51-43-17-5-3-12-39(43)42-29-34(25-28-44(42)51)38-15-8-16-41-40-13-4-6-18-45(40)52-46(38)41/h1-29H. The van der Waals surface area contributed by atoms with Gasteiger partial charge in [-0.2, -0.15) is 4.37 Å². The van der Waals surface area contributed by atoms with Crippen molar-refractivity contribution in [3.05, 3.63) is 176 Å². The van der Waals surface area contributed by atoms with Crippen molar-refractivity contribution in [3.63, 3.8) is 0 Å². The number of thiophene rings is 1. The Morgan fingerprint density at radius 3 is 1.96 bits per heavy atom. The molecule has 0 amide bonds. The molecule has 0 unspecified atom stereocenters. The Morgan fingerprint density at radius 1 is 0.434 bits per heavy atom. The van der Waals surface area contributed by atoms with Gasteiger partial charge in [0.2, 0.25) is 0 Å². The predicted octanol–water partition coefficient (Wildman–Crippen LogP) is 13.8. The first-order chi connectivity index (χ1) is 26.3. The van der Waals surface area contributed by atoms with Gasteiger partial charge in [-0.05, 0) is 93.1 Å². The topological polar surface area (TPSA) is 30.7 Å². The van der Waals surface area contributed by atoms with Gasteiger partial charge in [-0.15, -0.1) is 11.3 Å². The minimum atomic E-state index is 0.753. The minimum Gasteiger partial charge on any atom is -0.309 e. The van der Waals surface area contributed by atoms with E-state index in [1.54, 1.807) is 0 Å². The van der Waals surface area contributed by atoms with Crippen molar-refractivity contribution in [1.82, 2.24) is 13.9 Å². The lowest BCUT2D eigenvalue weighted by atomic mass is 9.97. The average Bonchev–Trinajstić information content (AvgIpc) is 3.95. The molecular formula is C48H29N3S2. The lowest BCUT2D eigenvalue weighted by Crippen LogP contribution is -1.93. The maximum absolute atomic E-state index is 4.97. The van der Waals surface area contributed by atoms with Crippen molar-refractivity contribution in [2.45, 2.75) is 0 Å². The molecule has 11 rings (SSSR count). The fourth-order valence-corrected chi connectivity index (χ4v) is 9.81. The number of rotatable bonds is 5. The Balaban J connectivity index is 0.925. The quantitative estimate of drug-likeness (QED) is 0.178. The summed E-state index contributed by atoms with van der Waals surface area (Å²) in [5, 5.41) is 8.56. The lowest BCUT2D eigenvalue weighted by molar-refractivity contribution is 1.18. The van der Waals surface area contributed by atoms with Crippen molar-refractivity contribution in [3.8, 4) is 49.9 Å². The van der Waals surface area contributed by atoms with E-state index in [1.165, 1.54) is 86.5 Å². The van der Waals surface area contributed by atoms with E-state index in [0.717, 1.165) is 27.6 Å². The second kappa shape index (κ2) is 12.1. The zero-order chi connectivity index (χ0) is 34.9. The van der Waals surface area contributed by atoms with Crippen LogP contribution >= 0.6 is 22.9 Å². The summed E-state index contributed by atoms with van der Waals surface area (Å²) in [7, 11) is 0. The zero-order valence-electron chi connectivity index (χ0n) is 28.4. The smallest absolute Gasteiger partial charge is 0.173 e. The normalized spacial score (nSPS) is 11.8. The molecule has 5 heteroatoms. The summed E-state index contributed by atoms with van der Waals surface area (Å²) in [6.45, 7) is 0. The molecule has 0 atom stereocenters. The summed E-state index contributed by atoms with van der Waals surface area (Å²) in [6, 6.07) is 63.4. The van der Waals surface area contributed by atoms with E-state index in [1.807, 2.05) is 11.3 Å². The third-order valence-electron chi connectivity index (χ3n) is 10.4. The first-order valence-corrected chi connectivity index (χ1v) is 19.3. The third kappa shape index (κ3) is 4.93. The highest BCUT2D eigenvalue weighted by atomic mass is 32.1. The molecule has 3 nitrogen and oxygen atoms in total. The van der Waals surface area contributed by atoms with E-state index in [9.17, 15) is 0 Å². The van der Waals surface area contributed by atoms with Crippen molar-refractivity contribution >= 4 is 75.6 Å². The van der Waals surface area contributed by atoms with Gasteiger partial charge < -0.3 is 4.57 Å². The molecule has 53 heavy (non-hydrogen) atoms. The van der Waals surface area contributed by atoms with Gasteiger partial charge >= 0.3 is 0 Å². The van der Waals surface area contributed by atoms with Crippen LogP contribution in [0.1, 0.15) is 0 Å². The molecule has 0 saturated heterocycles. The Bertz CT molecular complexity index is 3160. The molecular weight excluding hydrogens is 683 g/mol. The molecule has 0 aliphatic carbocycles. The van der Waals surface area contributed by atoms with E-state index in [0.29, 0.717) is 0 Å². The van der Waals surface area contributed by atoms with Crippen molar-refractivity contribution < 1.29 is 0 Å². The van der Waals surface area contributed by atoms with Crippen LogP contribution in [0, 0.1) is 0 Å². The van der Waals surface area contributed by atoms with Crippen LogP contribution in [-0.4, -0.2) is 13.9 Å². The number of aromatic nitrogens is 3. The summed E-state index contributed by atoms with van der Waals surface area (Å²) in [6.07, 6.45) is 0. The SMILES string of the molecule is c1ccc2c(-c3ccc(-c4nsc(-c5ccc(-n6c7ccccc7c7cc(-c8cccc9c8sc8ccccc89)ccc76)cc5)n4)cc3)cccc2c1. The van der Waals surface area contributed by atoms with Gasteiger partial charge in [0.05, 0.1) is 11.0 Å². The van der Waals surface area contributed by atoms with Crippen LogP contribution in [0.15, 0.2) is 176 Å². The Hall–Kier alpha value is -6.40. The molecule has 0 saturated carbocycles. The lowest BCUT2D eigenvalue weighted by Gasteiger charge is -2.09. The molecule has 0 N–H and O–H groups in total. The van der Waals surface area contributed by atoms with E-state index in [4.69, 9.17) is 9.36 Å².